The maximum absolute atomic E-state index is 12.9. The van der Waals surface area contributed by atoms with E-state index >= 15 is 0 Å². The van der Waals surface area contributed by atoms with Gasteiger partial charge in [0.05, 0.1) is 11.4 Å². The van der Waals surface area contributed by atoms with E-state index in [2.05, 4.69) is 77.9 Å². The summed E-state index contributed by atoms with van der Waals surface area (Å²) in [6.45, 7) is 13.3. The minimum absolute atomic E-state index is 0.0293. The summed E-state index contributed by atoms with van der Waals surface area (Å²) in [6.07, 6.45) is 1.40. The molecule has 25 heavy (non-hydrogen) atoms. The second-order valence-electron chi connectivity index (χ2n) is 9.09. The van der Waals surface area contributed by atoms with E-state index in [1.165, 1.54) is 16.7 Å². The van der Waals surface area contributed by atoms with Gasteiger partial charge in [-0.3, -0.25) is 9.69 Å². The molecule has 2 nitrogen and oxygen atoms in total. The van der Waals surface area contributed by atoms with Gasteiger partial charge in [0.1, 0.15) is 0 Å². The van der Waals surface area contributed by atoms with Gasteiger partial charge in [0.2, 0.25) is 5.91 Å². The minimum atomic E-state index is -0.0293. The van der Waals surface area contributed by atoms with Gasteiger partial charge >= 0.3 is 0 Å². The summed E-state index contributed by atoms with van der Waals surface area (Å²) in [6, 6.07) is 14.9. The zero-order valence-corrected chi connectivity index (χ0v) is 16.3. The van der Waals surface area contributed by atoms with Crippen LogP contribution in [0.5, 0.6) is 0 Å². The van der Waals surface area contributed by atoms with Gasteiger partial charge < -0.3 is 0 Å². The summed E-state index contributed by atoms with van der Waals surface area (Å²) in [5, 5.41) is 0. The highest BCUT2D eigenvalue weighted by atomic mass is 16.2. The van der Waals surface area contributed by atoms with Crippen molar-refractivity contribution in [3.05, 3.63) is 59.2 Å². The first-order valence-electron chi connectivity index (χ1n) is 9.15. The van der Waals surface area contributed by atoms with Crippen LogP contribution in [-0.4, -0.2) is 5.91 Å². The number of carbonyl (C=O) groups is 1. The van der Waals surface area contributed by atoms with E-state index in [1.807, 2.05) is 11.0 Å². The number of rotatable bonds is 1. The summed E-state index contributed by atoms with van der Waals surface area (Å²) in [5.41, 5.74) is 5.81. The van der Waals surface area contributed by atoms with Crippen molar-refractivity contribution in [2.24, 2.45) is 0 Å². The molecule has 0 radical (unpaired) electrons. The summed E-state index contributed by atoms with van der Waals surface area (Å²) in [4.78, 5) is 14.9. The number of anilines is 2. The largest absolute Gasteiger partial charge is 0.280 e. The predicted octanol–water partition coefficient (Wildman–Crippen LogP) is 5.89. The first kappa shape index (κ1) is 17.7. The normalized spacial score (nSPS) is 15.3. The van der Waals surface area contributed by atoms with Gasteiger partial charge in [0.15, 0.2) is 0 Å². The predicted molar refractivity (Wildman–Crippen MR) is 106 cm³/mol. The summed E-state index contributed by atoms with van der Waals surface area (Å²) >= 11 is 0. The van der Waals surface area contributed by atoms with E-state index in [0.717, 1.165) is 17.8 Å². The SMILES string of the molecule is CC(C)(C)c1ccc(C(C)(C)C)c(N2C(=O)CCc3ccccc32)c1. The van der Waals surface area contributed by atoms with E-state index in [9.17, 15) is 4.79 Å². The lowest BCUT2D eigenvalue weighted by Gasteiger charge is -2.35. The van der Waals surface area contributed by atoms with E-state index < -0.39 is 0 Å². The topological polar surface area (TPSA) is 20.3 Å². The van der Waals surface area contributed by atoms with Crippen LogP contribution in [0.15, 0.2) is 42.5 Å². The number of hydrogen-bond donors (Lipinski definition) is 0. The van der Waals surface area contributed by atoms with Crippen LogP contribution in [0, 0.1) is 0 Å². The quantitative estimate of drug-likeness (QED) is 0.636. The molecular formula is C23H29NO. The summed E-state index contributed by atoms with van der Waals surface area (Å²) in [5.74, 6) is 0.190. The van der Waals surface area contributed by atoms with Crippen LogP contribution in [-0.2, 0) is 22.0 Å². The van der Waals surface area contributed by atoms with Crippen molar-refractivity contribution in [2.45, 2.75) is 65.2 Å². The standard InChI is InChI=1S/C23H29NO/c1-22(2,3)17-12-13-18(23(4,5)6)20(15-17)24-19-10-8-7-9-16(19)11-14-21(24)25/h7-10,12-13,15H,11,14H2,1-6H3. The van der Waals surface area contributed by atoms with Gasteiger partial charge in [-0.05, 0) is 46.1 Å². The molecule has 1 aliphatic rings. The Labute approximate surface area is 151 Å². The molecule has 2 aromatic rings. The molecule has 0 saturated heterocycles. The fraction of sp³-hybridized carbons (Fsp3) is 0.435. The molecule has 132 valence electrons. The van der Waals surface area contributed by atoms with Gasteiger partial charge in [0, 0.05) is 6.42 Å². The highest BCUT2D eigenvalue weighted by molar-refractivity contribution is 6.04. The van der Waals surface area contributed by atoms with Crippen LogP contribution in [0.25, 0.3) is 0 Å². The highest BCUT2D eigenvalue weighted by Crippen LogP contribution is 2.41. The smallest absolute Gasteiger partial charge is 0.231 e. The average molecular weight is 335 g/mol. The number of amides is 1. The molecule has 0 atom stereocenters. The third kappa shape index (κ3) is 3.35. The van der Waals surface area contributed by atoms with Crippen molar-refractivity contribution >= 4 is 17.3 Å². The Bertz CT molecular complexity index is 806. The fourth-order valence-electron chi connectivity index (χ4n) is 3.51. The van der Waals surface area contributed by atoms with Crippen LogP contribution >= 0.6 is 0 Å². The van der Waals surface area contributed by atoms with Crippen molar-refractivity contribution in [1.82, 2.24) is 0 Å². The Hall–Kier alpha value is -2.09. The van der Waals surface area contributed by atoms with Gasteiger partial charge in [0.25, 0.3) is 0 Å². The molecule has 0 spiro atoms. The molecule has 1 heterocycles. The summed E-state index contributed by atoms with van der Waals surface area (Å²) < 4.78 is 0. The minimum Gasteiger partial charge on any atom is -0.280 e. The van der Waals surface area contributed by atoms with Crippen molar-refractivity contribution in [3.63, 3.8) is 0 Å². The molecule has 0 fully saturated rings. The Morgan fingerprint density at radius 2 is 1.48 bits per heavy atom. The Kier molecular flexibility index (Phi) is 4.26. The number of fused-ring (bicyclic) bond motifs is 1. The molecule has 1 aliphatic heterocycles. The molecule has 0 aliphatic carbocycles. The van der Waals surface area contributed by atoms with E-state index in [0.29, 0.717) is 6.42 Å². The molecule has 3 rings (SSSR count). The molecule has 2 heteroatoms. The molecule has 0 saturated carbocycles. The molecule has 2 aromatic carbocycles. The Morgan fingerprint density at radius 3 is 2.12 bits per heavy atom. The Morgan fingerprint density at radius 1 is 0.800 bits per heavy atom. The van der Waals surface area contributed by atoms with Gasteiger partial charge in [-0.2, -0.15) is 0 Å². The van der Waals surface area contributed by atoms with Crippen LogP contribution in [0.1, 0.15) is 64.7 Å². The van der Waals surface area contributed by atoms with Crippen molar-refractivity contribution < 1.29 is 4.79 Å². The maximum Gasteiger partial charge on any atom is 0.231 e. The second-order valence-corrected chi connectivity index (χ2v) is 9.09. The van der Waals surface area contributed by atoms with E-state index in [-0.39, 0.29) is 16.7 Å². The molecule has 0 bridgehead atoms. The van der Waals surface area contributed by atoms with Crippen LogP contribution in [0.2, 0.25) is 0 Å². The van der Waals surface area contributed by atoms with Gasteiger partial charge in [-0.25, -0.2) is 0 Å². The first-order valence-corrected chi connectivity index (χ1v) is 9.15. The number of carbonyl (C=O) groups excluding carboxylic acids is 1. The summed E-state index contributed by atoms with van der Waals surface area (Å²) in [7, 11) is 0. The maximum atomic E-state index is 12.9. The highest BCUT2D eigenvalue weighted by Gasteiger charge is 2.31. The second kappa shape index (κ2) is 6.01. The number of hydrogen-bond acceptors (Lipinski definition) is 1. The monoisotopic (exact) mass is 335 g/mol. The molecule has 0 unspecified atom stereocenters. The van der Waals surface area contributed by atoms with Gasteiger partial charge in [-0.15, -0.1) is 0 Å². The molecular weight excluding hydrogens is 306 g/mol. The van der Waals surface area contributed by atoms with Crippen LogP contribution < -0.4 is 4.90 Å². The van der Waals surface area contributed by atoms with Crippen LogP contribution in [0.3, 0.4) is 0 Å². The van der Waals surface area contributed by atoms with Crippen molar-refractivity contribution in [1.29, 1.82) is 0 Å². The van der Waals surface area contributed by atoms with Crippen molar-refractivity contribution in [2.75, 3.05) is 4.90 Å². The molecule has 0 aromatic heterocycles. The third-order valence-corrected chi connectivity index (χ3v) is 5.00. The van der Waals surface area contributed by atoms with E-state index in [4.69, 9.17) is 0 Å². The van der Waals surface area contributed by atoms with E-state index in [1.54, 1.807) is 0 Å². The van der Waals surface area contributed by atoms with Crippen molar-refractivity contribution in [3.8, 4) is 0 Å². The molecule has 0 N–H and O–H groups in total. The zero-order valence-electron chi connectivity index (χ0n) is 16.3. The number of para-hydroxylation sites is 1. The number of nitrogens with zero attached hydrogens (tertiary/aromatic N) is 1. The fourth-order valence-corrected chi connectivity index (χ4v) is 3.51. The lowest BCUT2D eigenvalue weighted by Crippen LogP contribution is -2.33. The van der Waals surface area contributed by atoms with Crippen LogP contribution in [0.4, 0.5) is 11.4 Å². The van der Waals surface area contributed by atoms with Gasteiger partial charge in [-0.1, -0.05) is 71.9 Å². The first-order chi connectivity index (χ1) is 11.6. The Balaban J connectivity index is 2.26. The number of benzene rings is 2. The third-order valence-electron chi connectivity index (χ3n) is 5.00. The number of aryl methyl sites for hydroxylation is 1. The average Bonchev–Trinajstić information content (AvgIpc) is 2.52. The molecule has 1 amide bonds. The lowest BCUT2D eigenvalue weighted by atomic mass is 9.80. The lowest BCUT2D eigenvalue weighted by molar-refractivity contribution is -0.118. The zero-order chi connectivity index (χ0) is 18.4.